The Balaban J connectivity index is 0.678. The molecule has 2 aromatic heterocycles. The molecule has 2 saturated carbocycles. The monoisotopic (exact) mass is 820 g/mol. The van der Waals surface area contributed by atoms with Crippen LogP contribution in [-0.2, 0) is 22.6 Å². The van der Waals surface area contributed by atoms with Crippen molar-refractivity contribution in [3.63, 3.8) is 0 Å². The van der Waals surface area contributed by atoms with Gasteiger partial charge in [-0.3, -0.25) is 19.7 Å². The molecule has 3 amide bonds. The lowest BCUT2D eigenvalue weighted by Crippen LogP contribution is -2.52. The molecular weight excluding hydrogens is 765 g/mol. The molecule has 3 aromatic carbocycles. The van der Waals surface area contributed by atoms with Crippen molar-refractivity contribution in [3.05, 3.63) is 95.8 Å². The molecule has 5 heterocycles. The highest BCUT2D eigenvalue weighted by atomic mass is 16.5. The minimum Gasteiger partial charge on any atom is -0.457 e. The molecule has 0 radical (unpaired) electrons. The summed E-state index contributed by atoms with van der Waals surface area (Å²) in [7, 11) is 0. The van der Waals surface area contributed by atoms with Gasteiger partial charge in [-0.15, -0.1) is 0 Å². The van der Waals surface area contributed by atoms with Gasteiger partial charge >= 0.3 is 0 Å². The Labute approximate surface area is 357 Å². The zero-order valence-corrected chi connectivity index (χ0v) is 34.9. The number of likely N-dealkylation sites (tertiary alicyclic amines) is 1. The number of piperidine rings is 2. The van der Waals surface area contributed by atoms with E-state index >= 15 is 0 Å². The molecule has 4 fully saturated rings. The van der Waals surface area contributed by atoms with E-state index in [1.807, 2.05) is 60.7 Å². The summed E-state index contributed by atoms with van der Waals surface area (Å²) in [5, 5.41) is 8.38. The average molecular weight is 821 g/mol. The third kappa shape index (κ3) is 8.26. The first-order valence-electron chi connectivity index (χ1n) is 22.7. The first-order chi connectivity index (χ1) is 29.8. The number of hydrogen-bond donors (Lipinski definition) is 2. The standard InChI is InChI=1S/C49H56N8O4/c50-46-44-45(35-14-17-40(18-15-35)61-39-4-2-1-3-5-39)54-57(47(44)52-30-51-46)37-22-24-55(25-23-37)38-16-12-34(28-38)11-9-32-7-6-31(26-32)8-10-33-13-19-41-36(27-33)29-56(49(41)60)42-20-21-43(58)53-48(42)59/h1-5,13-15,17-19,27,30-32,34,37-38,42H,6-12,16,20-26,28-29H2,(H2,50,51,52)(H,53,58,59). The maximum atomic E-state index is 13.1. The fourth-order valence-electron chi connectivity index (χ4n) is 11.2. The number of nitrogen functional groups attached to an aromatic ring is 1. The molecule has 5 unspecified atom stereocenters. The number of nitrogens with two attached hydrogens (primary N) is 1. The Morgan fingerprint density at radius 2 is 1.49 bits per heavy atom. The van der Waals surface area contributed by atoms with Gasteiger partial charge in [0, 0.05) is 43.2 Å². The van der Waals surface area contributed by atoms with Gasteiger partial charge in [0.1, 0.15) is 35.4 Å². The lowest BCUT2D eigenvalue weighted by atomic mass is 9.91. The molecule has 3 aliphatic heterocycles. The Morgan fingerprint density at radius 3 is 2.28 bits per heavy atom. The minimum absolute atomic E-state index is 0.0992. The second-order valence-corrected chi connectivity index (χ2v) is 18.3. The number of carbonyl (C=O) groups excluding carboxylic acids is 3. The SMILES string of the molecule is Nc1ncnc2c1c(-c1ccc(Oc3ccccc3)cc1)nn2C1CCN(C2CCC(CCC3CCC(CCc4ccc5c(c4)CN(C4CCC(=O)NC4=O)C5=O)C3)C2)CC1. The van der Waals surface area contributed by atoms with Gasteiger partial charge in [0.15, 0.2) is 5.65 Å². The predicted octanol–water partition coefficient (Wildman–Crippen LogP) is 8.26. The Morgan fingerprint density at radius 1 is 0.754 bits per heavy atom. The molecule has 12 heteroatoms. The molecule has 3 N–H and O–H groups in total. The summed E-state index contributed by atoms with van der Waals surface area (Å²) < 4.78 is 8.15. The number of amides is 3. The maximum Gasteiger partial charge on any atom is 0.255 e. The lowest BCUT2D eigenvalue weighted by molar-refractivity contribution is -0.136. The Kier molecular flexibility index (Phi) is 11.0. The second-order valence-electron chi connectivity index (χ2n) is 18.3. The molecule has 2 saturated heterocycles. The molecule has 61 heavy (non-hydrogen) atoms. The maximum absolute atomic E-state index is 13.1. The lowest BCUT2D eigenvalue weighted by Gasteiger charge is -2.36. The van der Waals surface area contributed by atoms with Crippen LogP contribution >= 0.6 is 0 Å². The summed E-state index contributed by atoms with van der Waals surface area (Å²) >= 11 is 0. The van der Waals surface area contributed by atoms with Gasteiger partial charge in [0.25, 0.3) is 5.91 Å². The number of imide groups is 1. The van der Waals surface area contributed by atoms with Crippen LogP contribution in [0.5, 0.6) is 11.5 Å². The summed E-state index contributed by atoms with van der Waals surface area (Å²) in [4.78, 5) is 50.7. The number of aromatic nitrogens is 4. The van der Waals surface area contributed by atoms with Crippen LogP contribution in [0, 0.1) is 17.8 Å². The molecular formula is C49H56N8O4. The molecule has 5 aromatic rings. The van der Waals surface area contributed by atoms with Crippen molar-refractivity contribution in [1.29, 1.82) is 0 Å². The highest BCUT2D eigenvalue weighted by Crippen LogP contribution is 2.42. The number of benzene rings is 3. The largest absolute Gasteiger partial charge is 0.457 e. The van der Waals surface area contributed by atoms with Gasteiger partial charge in [-0.25, -0.2) is 14.6 Å². The van der Waals surface area contributed by atoms with E-state index in [1.54, 1.807) is 11.2 Å². The minimum atomic E-state index is -0.566. The van der Waals surface area contributed by atoms with Gasteiger partial charge in [0.05, 0.1) is 11.4 Å². The van der Waals surface area contributed by atoms with E-state index in [-0.39, 0.29) is 30.2 Å². The number of aryl methyl sites for hydroxylation is 1. The molecule has 316 valence electrons. The number of para-hydroxylation sites is 1. The van der Waals surface area contributed by atoms with Gasteiger partial charge in [-0.1, -0.05) is 56.0 Å². The van der Waals surface area contributed by atoms with E-state index in [0.717, 1.165) is 89.5 Å². The number of ether oxygens (including phenoxy) is 1. The Bertz CT molecular complexity index is 2410. The van der Waals surface area contributed by atoms with Crippen LogP contribution in [0.2, 0.25) is 0 Å². The van der Waals surface area contributed by atoms with E-state index in [9.17, 15) is 14.4 Å². The van der Waals surface area contributed by atoms with Gasteiger partial charge in [0.2, 0.25) is 11.8 Å². The van der Waals surface area contributed by atoms with Crippen LogP contribution in [0.3, 0.4) is 0 Å². The quantitative estimate of drug-likeness (QED) is 0.119. The Hall–Kier alpha value is -5.62. The van der Waals surface area contributed by atoms with Crippen LogP contribution in [-0.4, -0.2) is 72.4 Å². The van der Waals surface area contributed by atoms with Crippen LogP contribution in [0.1, 0.15) is 111 Å². The van der Waals surface area contributed by atoms with E-state index in [4.69, 9.17) is 20.6 Å². The average Bonchev–Trinajstić information content (AvgIpc) is 4.09. The zero-order valence-electron chi connectivity index (χ0n) is 34.9. The van der Waals surface area contributed by atoms with Crippen LogP contribution in [0.25, 0.3) is 22.3 Å². The van der Waals surface area contributed by atoms with Crippen LogP contribution in [0.15, 0.2) is 79.1 Å². The number of fused-ring (bicyclic) bond motifs is 2. The van der Waals surface area contributed by atoms with Gasteiger partial charge < -0.3 is 20.3 Å². The summed E-state index contributed by atoms with van der Waals surface area (Å²) in [5.41, 5.74) is 12.0. The van der Waals surface area contributed by atoms with Crippen molar-refractivity contribution in [2.24, 2.45) is 17.8 Å². The van der Waals surface area contributed by atoms with Crippen molar-refractivity contribution < 1.29 is 19.1 Å². The number of anilines is 1. The number of nitrogens with one attached hydrogen (secondary N) is 1. The van der Waals surface area contributed by atoms with Crippen molar-refractivity contribution in [1.82, 2.24) is 34.9 Å². The fraction of sp³-hybridized carbons (Fsp3) is 0.469. The number of carbonyl (C=O) groups is 3. The topological polar surface area (TPSA) is 149 Å². The third-order valence-corrected chi connectivity index (χ3v) is 14.6. The summed E-state index contributed by atoms with van der Waals surface area (Å²) in [6, 6.07) is 24.4. The normalized spacial score (nSPS) is 24.8. The number of hydrogen-bond acceptors (Lipinski definition) is 9. The van der Waals surface area contributed by atoms with Gasteiger partial charge in [-0.05, 0) is 129 Å². The third-order valence-electron chi connectivity index (χ3n) is 14.6. The first kappa shape index (κ1) is 39.5. The summed E-state index contributed by atoms with van der Waals surface area (Å²) in [6.07, 6.45) is 17.2. The van der Waals surface area contributed by atoms with Crippen LogP contribution < -0.4 is 15.8 Å². The summed E-state index contributed by atoms with van der Waals surface area (Å²) in [6.45, 7) is 2.60. The number of rotatable bonds is 12. The van der Waals surface area contributed by atoms with Crippen molar-refractivity contribution in [2.75, 3.05) is 18.8 Å². The van der Waals surface area contributed by atoms with Crippen molar-refractivity contribution in [3.8, 4) is 22.8 Å². The molecule has 5 atom stereocenters. The predicted molar refractivity (Wildman–Crippen MR) is 234 cm³/mol. The smallest absolute Gasteiger partial charge is 0.255 e. The van der Waals surface area contributed by atoms with E-state index in [2.05, 4.69) is 32.0 Å². The van der Waals surface area contributed by atoms with E-state index < -0.39 is 6.04 Å². The highest BCUT2D eigenvalue weighted by molar-refractivity contribution is 6.05. The molecule has 10 rings (SSSR count). The fourth-order valence-corrected chi connectivity index (χ4v) is 11.2. The van der Waals surface area contributed by atoms with Crippen molar-refractivity contribution >= 4 is 34.6 Å². The second kappa shape index (κ2) is 17.0. The molecule has 12 nitrogen and oxygen atoms in total. The first-order valence-corrected chi connectivity index (χ1v) is 22.7. The molecule has 0 bridgehead atoms. The molecule has 2 aliphatic carbocycles. The van der Waals surface area contributed by atoms with Crippen LogP contribution in [0.4, 0.5) is 5.82 Å². The molecule has 5 aliphatic rings. The molecule has 0 spiro atoms. The van der Waals surface area contributed by atoms with E-state index in [1.165, 1.54) is 63.4 Å². The highest BCUT2D eigenvalue weighted by Gasteiger charge is 2.39. The van der Waals surface area contributed by atoms with Gasteiger partial charge in [-0.2, -0.15) is 5.10 Å². The van der Waals surface area contributed by atoms with E-state index in [0.29, 0.717) is 30.4 Å². The van der Waals surface area contributed by atoms with Crippen molar-refractivity contribution in [2.45, 2.75) is 115 Å². The number of nitrogens with zero attached hydrogens (tertiary/aromatic N) is 6. The summed E-state index contributed by atoms with van der Waals surface area (Å²) in [5.74, 6) is 3.74. The zero-order chi connectivity index (χ0) is 41.5.